The maximum Gasteiger partial charge on any atom is 0.295 e. The Hall–Kier alpha value is -3.34. The molecular weight excluding hydrogens is 414 g/mol. The molecule has 1 aliphatic heterocycles. The van der Waals surface area contributed by atoms with E-state index in [2.05, 4.69) is 27.4 Å². The van der Waals surface area contributed by atoms with E-state index in [-0.39, 0.29) is 16.7 Å². The lowest BCUT2D eigenvalue weighted by molar-refractivity contribution is -0.139. The van der Waals surface area contributed by atoms with Crippen molar-refractivity contribution < 1.29 is 19.4 Å². The zero-order valence-corrected chi connectivity index (χ0v) is 20.1. The zero-order chi connectivity index (χ0) is 24.3. The van der Waals surface area contributed by atoms with Gasteiger partial charge in [-0.1, -0.05) is 64.6 Å². The Morgan fingerprint density at radius 2 is 1.91 bits per heavy atom. The number of carbonyl (C=O) groups excluding carboxylic acids is 2. The van der Waals surface area contributed by atoms with Crippen LogP contribution in [0.4, 0.5) is 0 Å². The molecule has 1 aliphatic rings. The maximum absolute atomic E-state index is 13.2. The predicted octanol–water partition coefficient (Wildman–Crippen LogP) is 5.69. The van der Waals surface area contributed by atoms with Crippen LogP contribution >= 0.6 is 0 Å². The Bertz CT molecular complexity index is 1110. The topological polar surface area (TPSA) is 66.8 Å². The fraction of sp³-hybridized carbons (Fsp3) is 0.357. The molecule has 33 heavy (non-hydrogen) atoms. The molecule has 1 atom stereocenters. The van der Waals surface area contributed by atoms with E-state index in [1.165, 1.54) is 0 Å². The SMILES string of the molecule is C=CCOc1cccc(C2/C(=C(\O)c3cc(C(C)(C)C)ccc3C)C(=O)C(=O)N2CCC)c1. The molecule has 0 bridgehead atoms. The smallest absolute Gasteiger partial charge is 0.295 e. The lowest BCUT2D eigenvalue weighted by Crippen LogP contribution is -2.30. The highest BCUT2D eigenvalue weighted by Gasteiger charge is 2.46. The van der Waals surface area contributed by atoms with Crippen molar-refractivity contribution >= 4 is 17.4 Å². The molecule has 2 aromatic rings. The number of nitrogens with zero attached hydrogens (tertiary/aromatic N) is 1. The van der Waals surface area contributed by atoms with Crippen LogP contribution in [-0.2, 0) is 15.0 Å². The number of hydrogen-bond acceptors (Lipinski definition) is 4. The summed E-state index contributed by atoms with van der Waals surface area (Å²) in [6.45, 7) is 14.5. The normalized spacial score (nSPS) is 18.0. The van der Waals surface area contributed by atoms with E-state index in [0.29, 0.717) is 30.9 Å². The van der Waals surface area contributed by atoms with Crippen LogP contribution in [0.15, 0.2) is 60.7 Å². The highest BCUT2D eigenvalue weighted by molar-refractivity contribution is 6.46. The number of likely N-dealkylation sites (tertiary alicyclic amines) is 1. The van der Waals surface area contributed by atoms with E-state index in [0.717, 1.165) is 16.7 Å². The zero-order valence-electron chi connectivity index (χ0n) is 20.1. The van der Waals surface area contributed by atoms with E-state index in [1.807, 2.05) is 56.3 Å². The van der Waals surface area contributed by atoms with Crippen molar-refractivity contribution in [2.75, 3.05) is 13.2 Å². The third-order valence-electron chi connectivity index (χ3n) is 5.90. The molecule has 0 saturated carbocycles. The minimum atomic E-state index is -0.685. The summed E-state index contributed by atoms with van der Waals surface area (Å²) in [5, 5.41) is 11.4. The molecule has 1 unspecified atom stereocenters. The van der Waals surface area contributed by atoms with Gasteiger partial charge in [0.05, 0.1) is 11.6 Å². The molecule has 5 heteroatoms. The van der Waals surface area contributed by atoms with Crippen LogP contribution in [0.5, 0.6) is 5.75 Å². The summed E-state index contributed by atoms with van der Waals surface area (Å²) >= 11 is 0. The summed E-state index contributed by atoms with van der Waals surface area (Å²) in [7, 11) is 0. The fourth-order valence-corrected chi connectivity index (χ4v) is 4.12. The van der Waals surface area contributed by atoms with Crippen LogP contribution in [0.1, 0.15) is 62.4 Å². The monoisotopic (exact) mass is 447 g/mol. The molecule has 5 nitrogen and oxygen atoms in total. The quantitative estimate of drug-likeness (QED) is 0.256. The number of amides is 1. The van der Waals surface area contributed by atoms with Gasteiger partial charge in [-0.2, -0.15) is 0 Å². The number of ether oxygens (including phenoxy) is 1. The van der Waals surface area contributed by atoms with E-state index in [9.17, 15) is 14.7 Å². The molecule has 0 aliphatic carbocycles. The Labute approximate surface area is 196 Å². The minimum absolute atomic E-state index is 0.114. The number of aliphatic hydroxyl groups excluding tert-OH is 1. The molecule has 0 aromatic heterocycles. The van der Waals surface area contributed by atoms with Gasteiger partial charge in [-0.15, -0.1) is 0 Å². The largest absolute Gasteiger partial charge is 0.507 e. The second-order valence-corrected chi connectivity index (χ2v) is 9.44. The second kappa shape index (κ2) is 9.65. The van der Waals surface area contributed by atoms with Gasteiger partial charge in [0.1, 0.15) is 18.1 Å². The van der Waals surface area contributed by atoms with Gasteiger partial charge >= 0.3 is 0 Å². The third kappa shape index (κ3) is 4.87. The Morgan fingerprint density at radius 3 is 2.55 bits per heavy atom. The van der Waals surface area contributed by atoms with Crippen LogP contribution in [0, 0.1) is 6.92 Å². The molecule has 2 aromatic carbocycles. The van der Waals surface area contributed by atoms with Crippen LogP contribution in [0.3, 0.4) is 0 Å². The van der Waals surface area contributed by atoms with Gasteiger partial charge in [-0.25, -0.2) is 0 Å². The summed E-state index contributed by atoms with van der Waals surface area (Å²) < 4.78 is 5.67. The molecule has 1 heterocycles. The van der Waals surface area contributed by atoms with Crippen LogP contribution in [-0.4, -0.2) is 34.8 Å². The third-order valence-corrected chi connectivity index (χ3v) is 5.90. The average molecular weight is 448 g/mol. The molecule has 0 radical (unpaired) electrons. The number of carbonyl (C=O) groups is 2. The number of ketones is 1. The van der Waals surface area contributed by atoms with E-state index >= 15 is 0 Å². The maximum atomic E-state index is 13.2. The molecule has 0 spiro atoms. The highest BCUT2D eigenvalue weighted by atomic mass is 16.5. The van der Waals surface area contributed by atoms with Gasteiger partial charge < -0.3 is 14.7 Å². The van der Waals surface area contributed by atoms with Gasteiger partial charge in [0.2, 0.25) is 0 Å². The van der Waals surface area contributed by atoms with Crippen molar-refractivity contribution in [3.05, 3.63) is 82.9 Å². The van der Waals surface area contributed by atoms with E-state index < -0.39 is 17.7 Å². The molecule has 1 saturated heterocycles. The van der Waals surface area contributed by atoms with E-state index in [1.54, 1.807) is 11.0 Å². The minimum Gasteiger partial charge on any atom is -0.507 e. The van der Waals surface area contributed by atoms with Crippen molar-refractivity contribution in [1.82, 2.24) is 4.90 Å². The predicted molar refractivity (Wildman–Crippen MR) is 131 cm³/mol. The summed E-state index contributed by atoms with van der Waals surface area (Å²) in [6.07, 6.45) is 2.34. The van der Waals surface area contributed by atoms with Crippen LogP contribution in [0.2, 0.25) is 0 Å². The van der Waals surface area contributed by atoms with Gasteiger partial charge in [0.25, 0.3) is 11.7 Å². The second-order valence-electron chi connectivity index (χ2n) is 9.44. The first-order valence-electron chi connectivity index (χ1n) is 11.3. The molecule has 1 amide bonds. The average Bonchev–Trinajstić information content (AvgIpc) is 3.02. The number of hydrogen-bond donors (Lipinski definition) is 1. The molecule has 1 N–H and O–H groups in total. The molecule has 174 valence electrons. The lowest BCUT2D eigenvalue weighted by Gasteiger charge is -2.26. The molecule has 3 rings (SSSR count). The van der Waals surface area contributed by atoms with Gasteiger partial charge in [-0.05, 0) is 53.6 Å². The first kappa shape index (κ1) is 24.3. The van der Waals surface area contributed by atoms with Gasteiger partial charge in [0.15, 0.2) is 0 Å². The summed E-state index contributed by atoms with van der Waals surface area (Å²) in [4.78, 5) is 27.7. The highest BCUT2D eigenvalue weighted by Crippen LogP contribution is 2.41. The van der Waals surface area contributed by atoms with Gasteiger partial charge in [0, 0.05) is 12.1 Å². The van der Waals surface area contributed by atoms with Crippen molar-refractivity contribution in [3.8, 4) is 5.75 Å². The Kier molecular flexibility index (Phi) is 7.11. The van der Waals surface area contributed by atoms with E-state index in [4.69, 9.17) is 4.74 Å². The van der Waals surface area contributed by atoms with Gasteiger partial charge in [-0.3, -0.25) is 9.59 Å². The van der Waals surface area contributed by atoms with Crippen LogP contribution < -0.4 is 4.74 Å². The molecular formula is C28H33NO4. The van der Waals surface area contributed by atoms with Crippen molar-refractivity contribution in [3.63, 3.8) is 0 Å². The summed E-state index contributed by atoms with van der Waals surface area (Å²) in [5.41, 5.74) is 3.14. The number of aliphatic hydroxyl groups is 1. The first-order valence-corrected chi connectivity index (χ1v) is 11.3. The fourth-order valence-electron chi connectivity index (χ4n) is 4.12. The van der Waals surface area contributed by atoms with Crippen molar-refractivity contribution in [2.24, 2.45) is 0 Å². The summed E-state index contributed by atoms with van der Waals surface area (Å²) in [6, 6.07) is 12.5. The van der Waals surface area contributed by atoms with Crippen molar-refractivity contribution in [1.29, 1.82) is 0 Å². The summed E-state index contributed by atoms with van der Waals surface area (Å²) in [5.74, 6) is -0.785. The number of Topliss-reactive ketones (excluding diaryl/α,β-unsaturated/α-hetero) is 1. The van der Waals surface area contributed by atoms with Crippen LogP contribution in [0.25, 0.3) is 5.76 Å². The lowest BCUT2D eigenvalue weighted by atomic mass is 9.84. The van der Waals surface area contributed by atoms with Crippen molar-refractivity contribution in [2.45, 2.75) is 52.5 Å². The standard InChI is InChI=1S/C28H33NO4/c1-7-14-29-24(19-10-9-11-21(16-19)33-15-8-2)23(26(31)27(29)32)25(30)22-17-20(28(4,5)6)13-12-18(22)3/h8-13,16-17,24,30H,2,7,14-15H2,1,3-6H3/b25-23+. The number of rotatable bonds is 7. The number of benzene rings is 2. The first-order chi connectivity index (χ1) is 15.6. The Balaban J connectivity index is 2.22. The Morgan fingerprint density at radius 1 is 1.18 bits per heavy atom. The number of aryl methyl sites for hydroxylation is 1. The molecule has 1 fully saturated rings.